The summed E-state index contributed by atoms with van der Waals surface area (Å²) in [5.41, 5.74) is 0. The number of hydrogen-bond acceptors (Lipinski definition) is 30. The molecule has 0 aromatic carbocycles. The lowest BCUT2D eigenvalue weighted by Gasteiger charge is -2.27. The highest BCUT2D eigenvalue weighted by Crippen LogP contribution is 2.47. The van der Waals surface area contributed by atoms with Gasteiger partial charge in [0.05, 0.1) is 6.61 Å². The van der Waals surface area contributed by atoms with Gasteiger partial charge < -0.3 is 85.3 Å². The summed E-state index contributed by atoms with van der Waals surface area (Å²) in [6, 6.07) is 0. The summed E-state index contributed by atoms with van der Waals surface area (Å²) in [6.07, 6.45) is -51.1. The molecule has 6 fully saturated rings. The van der Waals surface area contributed by atoms with Gasteiger partial charge in [0, 0.05) is 12.5 Å². The van der Waals surface area contributed by atoms with E-state index in [0.717, 1.165) is 0 Å². The van der Waals surface area contributed by atoms with Crippen LogP contribution in [0.1, 0.15) is 6.42 Å². The maximum Gasteiger partial charge on any atom is 0.509 e. The summed E-state index contributed by atoms with van der Waals surface area (Å²) in [6.45, 7) is -10.3. The first-order chi connectivity index (χ1) is 45.5. The fraction of sp³-hybridized carbons (Fsp3) is 0.636. The minimum atomic E-state index is -6.52. The Morgan fingerprint density at radius 3 is 0.920 bits per heavy atom. The molecule has 0 amide bonds. The van der Waals surface area contributed by atoms with Gasteiger partial charge in [0.1, 0.15) is 46.2 Å². The van der Waals surface area contributed by atoms with Gasteiger partial charge in [-0.05, 0) is 6.08 Å². The molecule has 572 valence electrons. The molecule has 0 radical (unpaired) electrons. The number of esters is 6. The van der Waals surface area contributed by atoms with Crippen LogP contribution in [-0.2, 0) is 114 Å². The van der Waals surface area contributed by atoms with Crippen LogP contribution in [0.15, 0.2) is 24.3 Å². The van der Waals surface area contributed by atoms with E-state index in [-0.39, 0.29) is 26.2 Å². The first-order valence-electron chi connectivity index (χ1n) is 24.7. The van der Waals surface area contributed by atoms with Crippen molar-refractivity contribution in [3.05, 3.63) is 24.3 Å². The summed E-state index contributed by atoms with van der Waals surface area (Å²) in [4.78, 5) is 128. The van der Waals surface area contributed by atoms with Gasteiger partial charge in [-0.1, -0.05) is 0 Å². The van der Waals surface area contributed by atoms with Gasteiger partial charge in [-0.3, -0.25) is 0 Å². The quantitative estimate of drug-likeness (QED) is 0.0486. The summed E-state index contributed by atoms with van der Waals surface area (Å²) in [7, 11) is 0. The molecule has 6 rings (SSSR count). The average molecular weight is 1540 g/mol. The highest BCUT2D eigenvalue weighted by Gasteiger charge is 2.73. The molecule has 0 spiro atoms. The molecule has 6 saturated heterocycles. The number of ether oxygens (including phenoxy) is 18. The highest BCUT2D eigenvalue weighted by atomic mass is 19.4. The Bertz CT molecular complexity index is 2890. The largest absolute Gasteiger partial charge is 0.509 e. The summed E-state index contributed by atoms with van der Waals surface area (Å²) >= 11 is 0. The SMILES string of the molecule is O=C1OCC(C(=O)OC(C(F)(F)F)C(F)(F)F)O1.O=C1OCC(C(=O)OCC(F)(F)C(F)(F)C(F)(F)F)O1.O=C1OCC(C(=O)OCC(F)(F)C(F)(F)F)O1.O=C1OCC(C(=O)OCC(F)(F)C(F)F)O1.O=C1OCC(C(=O)OCC=C(F)F)O1.O=C1OCC(C(=O)OCCC=C(F)F)O1. The zero-order chi connectivity index (χ0) is 77.3. The van der Waals surface area contributed by atoms with Gasteiger partial charge in [-0.2, -0.15) is 105 Å². The van der Waals surface area contributed by atoms with Crippen molar-refractivity contribution in [1.82, 2.24) is 0 Å². The Hall–Kier alpha value is -9.90. The molecule has 6 unspecified atom stereocenters. The van der Waals surface area contributed by atoms with Gasteiger partial charge in [0.25, 0.3) is 18.3 Å². The van der Waals surface area contributed by atoms with Gasteiger partial charge in [-0.15, -0.1) is 0 Å². The second-order valence-electron chi connectivity index (χ2n) is 17.3. The predicted octanol–water partition coefficient (Wildman–Crippen LogP) is 7.77. The van der Waals surface area contributed by atoms with E-state index in [1.54, 1.807) is 0 Å². The van der Waals surface area contributed by atoms with Crippen molar-refractivity contribution in [3.8, 4) is 0 Å². The molecule has 6 atom stereocenters. The number of rotatable bonds is 20. The van der Waals surface area contributed by atoms with Crippen molar-refractivity contribution in [3.63, 3.8) is 0 Å². The molecule has 0 aromatic heterocycles. The number of cyclic esters (lactones) is 12. The van der Waals surface area contributed by atoms with Crippen molar-refractivity contribution in [2.45, 2.75) is 104 Å². The Morgan fingerprint density at radius 2 is 0.660 bits per heavy atom. The van der Waals surface area contributed by atoms with E-state index in [0.29, 0.717) is 12.2 Å². The Kier molecular flexibility index (Phi) is 32.9. The molecule has 0 N–H and O–H groups in total. The smallest absolute Gasteiger partial charge is 0.463 e. The number of carbonyl (C=O) groups excluding carboxylic acids is 12. The number of halogens is 26. The van der Waals surface area contributed by atoms with Crippen LogP contribution in [0, 0.1) is 0 Å². The summed E-state index contributed by atoms with van der Waals surface area (Å²) < 4.78 is 385. The Morgan fingerprint density at radius 1 is 0.380 bits per heavy atom. The minimum Gasteiger partial charge on any atom is -0.463 e. The molecular weight excluding hydrogens is 1500 g/mol. The van der Waals surface area contributed by atoms with Crippen LogP contribution in [0.5, 0.6) is 0 Å². The predicted molar refractivity (Wildman–Crippen MR) is 237 cm³/mol. The second-order valence-corrected chi connectivity index (χ2v) is 17.3. The molecular formula is C44H34F26O30. The van der Waals surface area contributed by atoms with Gasteiger partial charge in [0.15, 0.2) is 19.8 Å². The van der Waals surface area contributed by atoms with Crippen LogP contribution < -0.4 is 0 Å². The number of hydrogen-bond donors (Lipinski definition) is 0. The minimum absolute atomic E-state index is 0.0877. The van der Waals surface area contributed by atoms with Crippen molar-refractivity contribution in [2.24, 2.45) is 0 Å². The van der Waals surface area contributed by atoms with Crippen LogP contribution in [0.3, 0.4) is 0 Å². The fourth-order valence-electron chi connectivity index (χ4n) is 5.09. The van der Waals surface area contributed by atoms with Gasteiger partial charge in [0.2, 0.25) is 36.6 Å². The molecule has 100 heavy (non-hydrogen) atoms. The standard InChI is InChI=1S/C8H5F7O5.C8H8F2O5.C7H4F6O5.C7H5F5O5.C7H6F4O5.C7H6F2O5/c9-6(10,7(11,12)8(13,14)15)2-19-4(16)3-1-18-5(17)20-3;9-6(10)2-1-3-13-7(11)5-4-14-8(12)15-5;8-6(9,10)4(7(11,12)13)18-3(14)2-1-16-5(15)17-2;8-6(9,7(10,11)12)2-16-4(13)3-1-15-5(14)17-3;8-5(9)7(10,11)2-15-4(12)3-1-14-6(13)16-3;8-5(9)1-2-12-6(10)4-3-13-7(11)14-4/h3H,1-2H2;2,5H,1,3-4H2;2,4H,1H2;3H,1-2H2;3,5H,1-2H2;1,4H,2-3H2. The zero-order valence-electron chi connectivity index (χ0n) is 47.3. The van der Waals surface area contributed by atoms with E-state index in [4.69, 9.17) is 0 Å². The van der Waals surface area contributed by atoms with E-state index in [9.17, 15) is 172 Å². The van der Waals surface area contributed by atoms with E-state index in [1.165, 1.54) is 0 Å². The molecule has 0 aliphatic carbocycles. The molecule has 6 heterocycles. The Balaban J connectivity index is 0.000000602. The third-order valence-electron chi connectivity index (χ3n) is 9.82. The molecule has 56 heteroatoms. The maximum absolute atomic E-state index is 12.7. The molecule has 0 bridgehead atoms. The highest BCUT2D eigenvalue weighted by molar-refractivity contribution is 5.82. The van der Waals surface area contributed by atoms with E-state index in [1.807, 2.05) is 0 Å². The van der Waals surface area contributed by atoms with Crippen molar-refractivity contribution in [2.75, 3.05) is 72.7 Å². The van der Waals surface area contributed by atoms with Crippen LogP contribution in [-0.4, -0.2) is 243 Å². The fourth-order valence-corrected chi connectivity index (χ4v) is 5.09. The van der Waals surface area contributed by atoms with E-state index in [2.05, 4.69) is 85.3 Å². The average Bonchev–Trinajstić information content (AvgIpc) is 1.05. The number of alkyl halides is 22. The monoisotopic (exact) mass is 1540 g/mol. The maximum atomic E-state index is 12.7. The molecule has 0 aromatic rings. The third kappa shape index (κ3) is 30.5. The second kappa shape index (κ2) is 37.3. The third-order valence-corrected chi connectivity index (χ3v) is 9.82. The summed E-state index contributed by atoms with van der Waals surface area (Å²) in [5, 5.41) is 0. The normalized spacial score (nSPS) is 20.2. The number of carbonyl (C=O) groups is 12. The van der Waals surface area contributed by atoms with Gasteiger partial charge in [-0.25, -0.2) is 66.3 Å². The van der Waals surface area contributed by atoms with Gasteiger partial charge >= 0.3 is 128 Å². The van der Waals surface area contributed by atoms with Crippen molar-refractivity contribution < 1.29 is 257 Å². The van der Waals surface area contributed by atoms with E-state index >= 15 is 0 Å². The van der Waals surface area contributed by atoms with E-state index < -0.39 is 235 Å². The molecule has 30 nitrogen and oxygen atoms in total. The van der Waals surface area contributed by atoms with Crippen molar-refractivity contribution in [1.29, 1.82) is 0 Å². The first-order valence-corrected chi connectivity index (χ1v) is 24.7. The lowest BCUT2D eigenvalue weighted by molar-refractivity contribution is -0.360. The molecule has 6 aliphatic heterocycles. The Labute approximate surface area is 530 Å². The lowest BCUT2D eigenvalue weighted by atomic mass is 10.2. The topological polar surface area (TPSA) is 371 Å². The van der Waals surface area contributed by atoms with Crippen LogP contribution in [0.2, 0.25) is 0 Å². The molecule has 0 saturated carbocycles. The van der Waals surface area contributed by atoms with Crippen LogP contribution >= 0.6 is 0 Å². The summed E-state index contributed by atoms with van der Waals surface area (Å²) in [5.74, 6) is -30.0. The van der Waals surface area contributed by atoms with Crippen LogP contribution in [0.4, 0.5) is 143 Å². The van der Waals surface area contributed by atoms with Crippen LogP contribution in [0.25, 0.3) is 0 Å². The lowest BCUT2D eigenvalue weighted by Crippen LogP contribution is -2.54. The zero-order valence-corrected chi connectivity index (χ0v) is 47.3. The molecule has 6 aliphatic rings. The van der Waals surface area contributed by atoms with Crippen molar-refractivity contribution >= 4 is 72.7 Å². The first kappa shape index (κ1) is 88.1.